The Morgan fingerprint density at radius 3 is 2.56 bits per heavy atom. The second-order valence-electron chi connectivity index (χ2n) is 10.6. The molecule has 6 heteroatoms. The molecule has 1 amide bonds. The number of nitrogens with one attached hydrogen (secondary N) is 2. The van der Waals surface area contributed by atoms with Gasteiger partial charge >= 0.3 is 0 Å². The maximum absolute atomic E-state index is 12.4. The molecule has 0 spiro atoms. The average Bonchev–Trinajstić information content (AvgIpc) is 3.29. The second kappa shape index (κ2) is 11.4. The van der Waals surface area contributed by atoms with E-state index >= 15 is 0 Å². The molecule has 2 N–H and O–H groups in total. The molecule has 1 saturated heterocycles. The maximum atomic E-state index is 12.4. The smallest absolute Gasteiger partial charge is 0.244 e. The molecular formula is C30H35Cl2N3O. The van der Waals surface area contributed by atoms with Crippen molar-refractivity contribution in [2.24, 2.45) is 5.92 Å². The first-order valence-corrected chi connectivity index (χ1v) is 13.9. The van der Waals surface area contributed by atoms with Crippen molar-refractivity contribution in [3.63, 3.8) is 0 Å². The van der Waals surface area contributed by atoms with Gasteiger partial charge in [0.1, 0.15) is 0 Å². The third kappa shape index (κ3) is 6.16. The lowest BCUT2D eigenvalue weighted by molar-refractivity contribution is -0.117. The van der Waals surface area contributed by atoms with Gasteiger partial charge in [0.25, 0.3) is 0 Å². The summed E-state index contributed by atoms with van der Waals surface area (Å²) in [5.74, 6) is 1.34. The van der Waals surface area contributed by atoms with Crippen LogP contribution in [0.4, 0.5) is 0 Å². The topological polar surface area (TPSA) is 48.1 Å². The number of likely N-dealkylation sites (tertiary alicyclic amines) is 1. The summed E-state index contributed by atoms with van der Waals surface area (Å²) in [7, 11) is 0. The van der Waals surface area contributed by atoms with Crippen LogP contribution < -0.4 is 5.32 Å². The molecule has 1 saturated carbocycles. The number of piperidine rings is 1. The number of fused-ring (bicyclic) bond motifs is 1. The highest BCUT2D eigenvalue weighted by Crippen LogP contribution is 2.34. The molecule has 3 aromatic rings. The number of benzene rings is 2. The SMILES string of the molecule is Cc1ccc2[nH]cc(C3CCN(CC4CCC(NC(=O)/C=C/c5ccc(Cl)c(Cl)c5)CC4)CC3)c2c1. The fourth-order valence-electron chi connectivity index (χ4n) is 5.91. The number of hydrogen-bond donors (Lipinski definition) is 2. The van der Waals surface area contributed by atoms with Crippen LogP contribution in [0.15, 0.2) is 48.7 Å². The van der Waals surface area contributed by atoms with Gasteiger partial charge in [-0.3, -0.25) is 4.79 Å². The number of rotatable bonds is 6. The number of aromatic nitrogens is 1. The molecule has 36 heavy (non-hydrogen) atoms. The Labute approximate surface area is 224 Å². The number of halogens is 2. The minimum Gasteiger partial charge on any atom is -0.361 e. The quantitative estimate of drug-likeness (QED) is 0.331. The molecule has 0 bridgehead atoms. The normalized spacial score (nSPS) is 21.9. The van der Waals surface area contributed by atoms with Crippen LogP contribution >= 0.6 is 23.2 Å². The third-order valence-corrected chi connectivity index (χ3v) is 8.72. The van der Waals surface area contributed by atoms with Crippen LogP contribution in [0.3, 0.4) is 0 Å². The number of amides is 1. The first-order chi connectivity index (χ1) is 17.4. The van der Waals surface area contributed by atoms with Crippen molar-refractivity contribution < 1.29 is 4.79 Å². The summed E-state index contributed by atoms with van der Waals surface area (Å²) in [4.78, 5) is 18.5. The first kappa shape index (κ1) is 25.4. The van der Waals surface area contributed by atoms with Crippen molar-refractivity contribution in [3.8, 4) is 0 Å². The molecule has 2 heterocycles. The Kier molecular flexibility index (Phi) is 8.05. The van der Waals surface area contributed by atoms with E-state index in [1.807, 2.05) is 6.07 Å². The van der Waals surface area contributed by atoms with E-state index in [-0.39, 0.29) is 11.9 Å². The zero-order valence-corrected chi connectivity index (χ0v) is 22.4. The highest BCUT2D eigenvalue weighted by molar-refractivity contribution is 6.42. The zero-order chi connectivity index (χ0) is 25.1. The summed E-state index contributed by atoms with van der Waals surface area (Å²) < 4.78 is 0. The molecule has 190 valence electrons. The highest BCUT2D eigenvalue weighted by Gasteiger charge is 2.27. The summed E-state index contributed by atoms with van der Waals surface area (Å²) >= 11 is 12.0. The van der Waals surface area contributed by atoms with Gasteiger partial charge in [-0.25, -0.2) is 0 Å². The number of carbonyl (C=O) groups excluding carboxylic acids is 1. The van der Waals surface area contributed by atoms with Gasteiger partial charge in [0.05, 0.1) is 10.0 Å². The maximum Gasteiger partial charge on any atom is 0.244 e. The molecule has 1 aliphatic heterocycles. The molecule has 2 aromatic carbocycles. The van der Waals surface area contributed by atoms with Gasteiger partial charge in [-0.15, -0.1) is 0 Å². The summed E-state index contributed by atoms with van der Waals surface area (Å²) in [5.41, 5.74) is 4.95. The lowest BCUT2D eigenvalue weighted by Gasteiger charge is -2.36. The minimum atomic E-state index is -0.0425. The number of aryl methyl sites for hydroxylation is 1. The van der Waals surface area contributed by atoms with E-state index in [0.29, 0.717) is 16.0 Å². The molecule has 0 atom stereocenters. The third-order valence-electron chi connectivity index (χ3n) is 7.98. The fourth-order valence-corrected chi connectivity index (χ4v) is 6.22. The van der Waals surface area contributed by atoms with Crippen molar-refractivity contribution in [1.29, 1.82) is 0 Å². The number of hydrogen-bond acceptors (Lipinski definition) is 2. The molecular weight excluding hydrogens is 489 g/mol. The lowest BCUT2D eigenvalue weighted by atomic mass is 9.84. The van der Waals surface area contributed by atoms with Crippen molar-refractivity contribution in [2.45, 2.75) is 57.4 Å². The Hall–Kier alpha value is -2.27. The summed E-state index contributed by atoms with van der Waals surface area (Å²) in [6, 6.07) is 12.3. The predicted octanol–water partition coefficient (Wildman–Crippen LogP) is 7.35. The van der Waals surface area contributed by atoms with Crippen LogP contribution in [-0.4, -0.2) is 41.5 Å². The Morgan fingerprint density at radius 2 is 1.81 bits per heavy atom. The molecule has 0 radical (unpaired) electrons. The van der Waals surface area contributed by atoms with Crippen LogP contribution in [0, 0.1) is 12.8 Å². The van der Waals surface area contributed by atoms with Crippen LogP contribution in [0.2, 0.25) is 10.0 Å². The van der Waals surface area contributed by atoms with Crippen molar-refractivity contribution >= 4 is 46.1 Å². The largest absolute Gasteiger partial charge is 0.361 e. The van der Waals surface area contributed by atoms with Crippen molar-refractivity contribution in [3.05, 3.63) is 75.4 Å². The van der Waals surface area contributed by atoms with Gasteiger partial charge in [0, 0.05) is 35.8 Å². The standard InChI is InChI=1S/C30H35Cl2N3O/c1-20-2-10-29-25(16-20)26(18-33-29)23-12-14-35(15-13-23)19-22-3-7-24(8-4-22)34-30(36)11-6-21-5-9-27(31)28(32)17-21/h2,5-6,9-11,16-18,22-24,33H,3-4,7-8,12-15,19H2,1H3,(H,34,36)/b11-6+. The van der Waals surface area contributed by atoms with Gasteiger partial charge in [-0.2, -0.15) is 0 Å². The number of carbonyl (C=O) groups is 1. The number of aromatic amines is 1. The first-order valence-electron chi connectivity index (χ1n) is 13.2. The van der Waals surface area contributed by atoms with Gasteiger partial charge in [-0.1, -0.05) is 40.9 Å². The Morgan fingerprint density at radius 1 is 1.03 bits per heavy atom. The summed E-state index contributed by atoms with van der Waals surface area (Å²) in [6.45, 7) is 5.73. The van der Waals surface area contributed by atoms with Crippen molar-refractivity contribution in [2.75, 3.05) is 19.6 Å². The zero-order valence-electron chi connectivity index (χ0n) is 20.9. The van der Waals surface area contributed by atoms with E-state index in [9.17, 15) is 4.79 Å². The van der Waals surface area contributed by atoms with E-state index in [2.05, 4.69) is 46.5 Å². The van der Waals surface area contributed by atoms with Crippen LogP contribution in [0.1, 0.15) is 61.1 Å². The Balaban J connectivity index is 1.04. The van der Waals surface area contributed by atoms with Crippen LogP contribution in [0.25, 0.3) is 17.0 Å². The van der Waals surface area contributed by atoms with Crippen LogP contribution in [-0.2, 0) is 4.79 Å². The molecule has 2 fully saturated rings. The molecule has 2 aliphatic rings. The Bertz CT molecular complexity index is 1230. The van der Waals surface area contributed by atoms with Gasteiger partial charge in [0.15, 0.2) is 0 Å². The van der Waals surface area contributed by atoms with Crippen LogP contribution in [0.5, 0.6) is 0 Å². The lowest BCUT2D eigenvalue weighted by Crippen LogP contribution is -2.41. The van der Waals surface area contributed by atoms with Gasteiger partial charge in [-0.05, 0) is 112 Å². The fraction of sp³-hybridized carbons (Fsp3) is 0.433. The minimum absolute atomic E-state index is 0.0425. The van der Waals surface area contributed by atoms with Crippen molar-refractivity contribution in [1.82, 2.24) is 15.2 Å². The predicted molar refractivity (Wildman–Crippen MR) is 151 cm³/mol. The molecule has 1 aliphatic carbocycles. The van der Waals surface area contributed by atoms with E-state index < -0.39 is 0 Å². The van der Waals surface area contributed by atoms with E-state index in [0.717, 1.165) is 24.3 Å². The molecule has 1 aromatic heterocycles. The second-order valence-corrected chi connectivity index (χ2v) is 11.4. The summed E-state index contributed by atoms with van der Waals surface area (Å²) in [5, 5.41) is 5.59. The number of H-pyrrole nitrogens is 1. The summed E-state index contributed by atoms with van der Waals surface area (Å²) in [6.07, 6.45) is 12.6. The van der Waals surface area contributed by atoms with Gasteiger partial charge in [0.2, 0.25) is 5.91 Å². The van der Waals surface area contributed by atoms with E-state index in [1.165, 1.54) is 67.3 Å². The molecule has 0 unspecified atom stereocenters. The highest BCUT2D eigenvalue weighted by atomic mass is 35.5. The monoisotopic (exact) mass is 523 g/mol. The van der Waals surface area contributed by atoms with E-state index in [4.69, 9.17) is 23.2 Å². The van der Waals surface area contributed by atoms with E-state index in [1.54, 1.807) is 24.3 Å². The molecule has 5 rings (SSSR count). The molecule has 4 nitrogen and oxygen atoms in total. The van der Waals surface area contributed by atoms with Gasteiger partial charge < -0.3 is 15.2 Å². The average molecular weight is 525 g/mol. The number of nitrogens with zero attached hydrogens (tertiary/aromatic N) is 1.